The van der Waals surface area contributed by atoms with Crippen molar-refractivity contribution in [2.24, 2.45) is 18.2 Å². The average Bonchev–Trinajstić information content (AvgIpc) is 3.00. The highest BCUT2D eigenvalue weighted by molar-refractivity contribution is 7.99. The van der Waals surface area contributed by atoms with Gasteiger partial charge in [-0.25, -0.2) is 0 Å². The molecule has 2 aliphatic rings. The molecule has 2 atom stereocenters. The lowest BCUT2D eigenvalue weighted by Gasteiger charge is -2.41. The third-order valence-corrected chi connectivity index (χ3v) is 8.35. The second-order valence-corrected chi connectivity index (χ2v) is 9.87. The molecule has 0 saturated carbocycles. The molecule has 30 heavy (non-hydrogen) atoms. The monoisotopic (exact) mass is 469 g/mol. The third-order valence-electron chi connectivity index (χ3n) is 6.27. The Kier molecular flexibility index (Phi) is 5.98. The van der Waals surface area contributed by atoms with E-state index in [1.807, 2.05) is 6.92 Å². The fourth-order valence-corrected chi connectivity index (χ4v) is 5.68. The van der Waals surface area contributed by atoms with Gasteiger partial charge < -0.3 is 21.1 Å². The molecule has 162 valence electrons. The summed E-state index contributed by atoms with van der Waals surface area (Å²) in [4.78, 5) is 20.7. The Bertz CT molecular complexity index is 1020. The maximum atomic E-state index is 13.1. The summed E-state index contributed by atoms with van der Waals surface area (Å²) in [5.74, 6) is 0.748. The Morgan fingerprint density at radius 1 is 1.30 bits per heavy atom. The van der Waals surface area contributed by atoms with Crippen LogP contribution in [0.5, 0.6) is 0 Å². The minimum absolute atomic E-state index is 0.000549. The van der Waals surface area contributed by atoms with Crippen LogP contribution in [0.4, 0.5) is 11.8 Å². The highest BCUT2D eigenvalue weighted by Gasteiger charge is 2.47. The lowest BCUT2D eigenvalue weighted by Crippen LogP contribution is -2.51. The number of piperidine rings is 1. The van der Waals surface area contributed by atoms with Crippen LogP contribution in [0.25, 0.3) is 0 Å². The molecule has 4 N–H and O–H groups in total. The first-order valence-electron chi connectivity index (χ1n) is 9.84. The van der Waals surface area contributed by atoms with Gasteiger partial charge >= 0.3 is 0 Å². The molecule has 0 bridgehead atoms. The molecule has 7 nitrogen and oxygen atoms in total. The van der Waals surface area contributed by atoms with Crippen LogP contribution in [0.1, 0.15) is 19.8 Å². The van der Waals surface area contributed by atoms with Gasteiger partial charge in [0.25, 0.3) is 5.56 Å². The first-order valence-corrected chi connectivity index (χ1v) is 11.4. The molecule has 3 heterocycles. The van der Waals surface area contributed by atoms with E-state index in [-0.39, 0.29) is 28.9 Å². The number of hydrogen-bond acceptors (Lipinski definition) is 7. The molecule has 0 aliphatic carbocycles. The van der Waals surface area contributed by atoms with Gasteiger partial charge in [-0.05, 0) is 31.9 Å². The second kappa shape index (κ2) is 8.24. The number of aromatic nitrogens is 2. The summed E-state index contributed by atoms with van der Waals surface area (Å²) >= 11 is 13.5. The van der Waals surface area contributed by atoms with Crippen LogP contribution < -0.4 is 21.9 Å². The Labute approximate surface area is 189 Å². The highest BCUT2D eigenvalue weighted by Crippen LogP contribution is 2.42. The van der Waals surface area contributed by atoms with E-state index in [9.17, 15) is 4.79 Å². The second-order valence-electron chi connectivity index (χ2n) is 8.04. The fourth-order valence-electron chi connectivity index (χ4n) is 4.26. The van der Waals surface area contributed by atoms with Crippen molar-refractivity contribution in [3.63, 3.8) is 0 Å². The first-order chi connectivity index (χ1) is 14.2. The summed E-state index contributed by atoms with van der Waals surface area (Å²) in [6, 6.07) is 5.30. The van der Waals surface area contributed by atoms with Crippen molar-refractivity contribution in [3.8, 4) is 0 Å². The van der Waals surface area contributed by atoms with Crippen molar-refractivity contribution in [2.45, 2.75) is 41.7 Å². The zero-order valence-electron chi connectivity index (χ0n) is 16.9. The SMILES string of the molecule is C[C@@H]1OCC2(CCN(c3nc(N)c(Sc4cccc(Cl)c4Cl)c(=O)n3C)CC2)[C@@H]1N. The van der Waals surface area contributed by atoms with Gasteiger partial charge in [0.05, 0.1) is 22.8 Å². The lowest BCUT2D eigenvalue weighted by atomic mass is 9.73. The minimum atomic E-state index is -0.214. The van der Waals surface area contributed by atoms with Gasteiger partial charge in [-0.1, -0.05) is 41.0 Å². The predicted molar refractivity (Wildman–Crippen MR) is 122 cm³/mol. The Morgan fingerprint density at radius 2 is 2.00 bits per heavy atom. The molecule has 0 unspecified atom stereocenters. The van der Waals surface area contributed by atoms with Crippen molar-refractivity contribution in [1.29, 1.82) is 0 Å². The van der Waals surface area contributed by atoms with Crippen LogP contribution in [0.2, 0.25) is 10.0 Å². The predicted octanol–water partition coefficient (Wildman–Crippen LogP) is 3.15. The molecular formula is C20H25Cl2N5O2S. The van der Waals surface area contributed by atoms with Crippen LogP contribution in [-0.4, -0.2) is 41.4 Å². The van der Waals surface area contributed by atoms with Gasteiger partial charge in [0.1, 0.15) is 10.7 Å². The Hall–Kier alpha value is -1.45. The number of halogens is 2. The van der Waals surface area contributed by atoms with Gasteiger partial charge in [-0.2, -0.15) is 4.98 Å². The van der Waals surface area contributed by atoms with Gasteiger partial charge in [0, 0.05) is 36.5 Å². The Balaban J connectivity index is 1.58. The molecule has 0 amide bonds. The lowest BCUT2D eigenvalue weighted by molar-refractivity contribution is 0.0973. The van der Waals surface area contributed by atoms with Crippen LogP contribution in [0.15, 0.2) is 32.8 Å². The highest BCUT2D eigenvalue weighted by atomic mass is 35.5. The largest absolute Gasteiger partial charge is 0.382 e. The summed E-state index contributed by atoms with van der Waals surface area (Å²) in [6.07, 6.45) is 1.86. The molecular weight excluding hydrogens is 445 g/mol. The van der Waals surface area contributed by atoms with Crippen molar-refractivity contribution in [2.75, 3.05) is 30.3 Å². The summed E-state index contributed by atoms with van der Waals surface area (Å²) in [7, 11) is 1.71. The molecule has 10 heteroatoms. The summed E-state index contributed by atoms with van der Waals surface area (Å²) in [5.41, 5.74) is 12.4. The van der Waals surface area contributed by atoms with E-state index in [1.165, 1.54) is 11.8 Å². The standard InChI is InChI=1S/C20H25Cl2N5O2S/c1-11-16(23)20(10-29-11)6-8-27(9-7-20)19-25-17(24)15(18(28)26(19)2)30-13-5-3-4-12(21)14(13)22/h3-5,11,16H,6-10,23-24H2,1-2H3/t11-,16+/m0/s1. The number of benzene rings is 1. The van der Waals surface area contributed by atoms with E-state index in [4.69, 9.17) is 39.4 Å². The number of ether oxygens (including phenoxy) is 1. The number of rotatable bonds is 3. The smallest absolute Gasteiger partial charge is 0.270 e. The van der Waals surface area contributed by atoms with Crippen molar-refractivity contribution >= 4 is 46.7 Å². The summed E-state index contributed by atoms with van der Waals surface area (Å²) in [5, 5.41) is 0.813. The molecule has 1 aromatic heterocycles. The van der Waals surface area contributed by atoms with Gasteiger partial charge in [0.15, 0.2) is 0 Å². The Morgan fingerprint density at radius 3 is 2.63 bits per heavy atom. The number of hydrogen-bond donors (Lipinski definition) is 2. The van der Waals surface area contributed by atoms with Crippen LogP contribution in [0.3, 0.4) is 0 Å². The number of anilines is 2. The van der Waals surface area contributed by atoms with Gasteiger partial charge in [-0.3, -0.25) is 9.36 Å². The number of nitrogens with two attached hydrogens (primary N) is 2. The van der Waals surface area contributed by atoms with E-state index in [2.05, 4.69) is 9.88 Å². The van der Waals surface area contributed by atoms with Gasteiger partial charge in [-0.15, -0.1) is 0 Å². The molecule has 2 saturated heterocycles. The summed E-state index contributed by atoms with van der Waals surface area (Å²) in [6.45, 7) is 4.21. The van der Waals surface area contributed by atoms with E-state index in [0.717, 1.165) is 25.9 Å². The molecule has 2 aliphatic heterocycles. The van der Waals surface area contributed by atoms with E-state index in [0.29, 0.717) is 32.4 Å². The van der Waals surface area contributed by atoms with Crippen LogP contribution in [0, 0.1) is 5.41 Å². The normalized spacial score (nSPS) is 23.3. The van der Waals surface area contributed by atoms with Crippen LogP contribution >= 0.6 is 35.0 Å². The average molecular weight is 470 g/mol. The van der Waals surface area contributed by atoms with Gasteiger partial charge in [0.2, 0.25) is 5.95 Å². The number of nitrogen functional groups attached to an aromatic ring is 1. The molecule has 1 spiro atoms. The van der Waals surface area contributed by atoms with E-state index >= 15 is 0 Å². The molecule has 2 fully saturated rings. The first kappa shape index (κ1) is 21.8. The zero-order valence-corrected chi connectivity index (χ0v) is 19.2. The molecule has 4 rings (SSSR count). The van der Waals surface area contributed by atoms with E-state index < -0.39 is 0 Å². The van der Waals surface area contributed by atoms with Crippen molar-refractivity contribution in [3.05, 3.63) is 38.6 Å². The molecule has 0 radical (unpaired) electrons. The topological polar surface area (TPSA) is 99.4 Å². The van der Waals surface area contributed by atoms with Crippen molar-refractivity contribution < 1.29 is 4.74 Å². The maximum absolute atomic E-state index is 13.1. The minimum Gasteiger partial charge on any atom is -0.382 e. The summed E-state index contributed by atoms with van der Waals surface area (Å²) < 4.78 is 7.34. The van der Waals surface area contributed by atoms with E-state index in [1.54, 1.807) is 29.8 Å². The maximum Gasteiger partial charge on any atom is 0.270 e. The molecule has 2 aromatic rings. The zero-order chi connectivity index (χ0) is 21.6. The third kappa shape index (κ3) is 3.69. The number of nitrogens with zero attached hydrogens (tertiary/aromatic N) is 3. The van der Waals surface area contributed by atoms with Crippen LogP contribution in [-0.2, 0) is 11.8 Å². The quantitative estimate of drug-likeness (QED) is 0.711. The molecule has 1 aromatic carbocycles. The fraction of sp³-hybridized carbons (Fsp3) is 0.500. The van der Waals surface area contributed by atoms with Crippen molar-refractivity contribution in [1.82, 2.24) is 9.55 Å².